The van der Waals surface area contributed by atoms with Gasteiger partial charge < -0.3 is 5.11 Å². The highest BCUT2D eigenvalue weighted by Gasteiger charge is 2.58. The summed E-state index contributed by atoms with van der Waals surface area (Å²) in [5, 5.41) is 23.7. The molecule has 268 valence electrons. The van der Waals surface area contributed by atoms with Gasteiger partial charge >= 0.3 is 0 Å². The third kappa shape index (κ3) is 8.07. The van der Waals surface area contributed by atoms with E-state index in [9.17, 15) is 0 Å². The molecule has 8 aromatic carbocycles. The van der Waals surface area contributed by atoms with Gasteiger partial charge in [0.05, 0.1) is 5.40 Å². The van der Waals surface area contributed by atoms with E-state index in [-0.39, 0.29) is 5.40 Å². The topological polar surface area (TPSA) is 20.2 Å². The van der Waals surface area contributed by atoms with Crippen LogP contribution in [0.25, 0.3) is 0 Å². The number of benzene rings is 8. The minimum atomic E-state index is -1.43. The molecule has 0 saturated carbocycles. The molecule has 8 rings (SSSR count). The van der Waals surface area contributed by atoms with Crippen LogP contribution in [-0.4, -0.2) is 15.6 Å². The summed E-state index contributed by atoms with van der Waals surface area (Å²) in [6.07, 6.45) is 0. The molecule has 0 aliphatic heterocycles. The van der Waals surface area contributed by atoms with Gasteiger partial charge in [0.2, 0.25) is 0 Å². The summed E-state index contributed by atoms with van der Waals surface area (Å²) in [4.78, 5) is 0. The molecule has 0 bridgehead atoms. The van der Waals surface area contributed by atoms with Crippen LogP contribution in [0.1, 0.15) is 0 Å². The number of aliphatic hydroxyl groups is 1. The molecule has 0 saturated heterocycles. The molecule has 1 N–H and O–H groups in total. The Morgan fingerprint density at radius 3 is 0.600 bits per heavy atom. The van der Waals surface area contributed by atoms with Crippen molar-refractivity contribution in [1.29, 1.82) is 0 Å². The van der Waals surface area contributed by atoms with Crippen LogP contribution >= 0.6 is 31.7 Å². The number of hydrogen-bond donors (Lipinski definition) is 1. The molecule has 0 unspecified atom stereocenters. The molecule has 8 aromatic rings. The van der Waals surface area contributed by atoms with E-state index in [1.807, 2.05) is 0 Å². The quantitative estimate of drug-likeness (QED) is 0.116. The van der Waals surface area contributed by atoms with E-state index in [1.54, 1.807) is 0 Å². The number of rotatable bonds is 13. The summed E-state index contributed by atoms with van der Waals surface area (Å²) in [5.74, 6) is 0. The molecular weight excluding hydrogens is 740 g/mol. The molecule has 0 amide bonds. The highest BCUT2D eigenvalue weighted by atomic mass is 31.2. The van der Waals surface area contributed by atoms with E-state index in [0.29, 0.717) is 0 Å². The lowest BCUT2D eigenvalue weighted by Gasteiger charge is -2.53. The molecule has 0 radical (unpaired) electrons. The van der Waals surface area contributed by atoms with Crippen molar-refractivity contribution in [2.75, 3.05) is 0 Å². The van der Waals surface area contributed by atoms with E-state index in [4.69, 9.17) is 0 Å². The van der Waals surface area contributed by atoms with Crippen molar-refractivity contribution in [3.8, 4) is 0 Å². The van der Waals surface area contributed by atoms with Crippen molar-refractivity contribution in [3.05, 3.63) is 243 Å². The average molecular weight is 783 g/mol. The van der Waals surface area contributed by atoms with Crippen LogP contribution in [0.15, 0.2) is 243 Å². The summed E-state index contributed by atoms with van der Waals surface area (Å²) in [5.41, 5.74) is 0. The van der Waals surface area contributed by atoms with Gasteiger partial charge in [0.1, 0.15) is 5.08 Å². The van der Waals surface area contributed by atoms with Crippen molar-refractivity contribution >= 4 is 74.1 Å². The van der Waals surface area contributed by atoms with Gasteiger partial charge in [-0.3, -0.25) is 0 Å². The van der Waals surface area contributed by atoms with Crippen LogP contribution in [0.5, 0.6) is 0 Å². The minimum Gasteiger partial charge on any atom is -0.379 e. The van der Waals surface area contributed by atoms with Gasteiger partial charge in [0.15, 0.2) is 0 Å². The molecule has 0 aliphatic rings. The largest absolute Gasteiger partial charge is 0.379 e. The maximum atomic E-state index is 15.5. The van der Waals surface area contributed by atoms with Gasteiger partial charge in [-0.2, -0.15) is 0 Å². The zero-order chi connectivity index (χ0) is 37.3. The van der Waals surface area contributed by atoms with Gasteiger partial charge in [0.25, 0.3) is 0 Å². The molecule has 0 spiro atoms. The van der Waals surface area contributed by atoms with Crippen molar-refractivity contribution in [3.63, 3.8) is 0 Å². The first-order chi connectivity index (χ1) is 27.2. The highest BCUT2D eigenvalue weighted by molar-refractivity contribution is 7.97. The Bertz CT molecular complexity index is 2010. The van der Waals surface area contributed by atoms with Crippen LogP contribution in [0, 0.1) is 0 Å². The summed E-state index contributed by atoms with van der Waals surface area (Å²) in [6, 6.07) is 87.8. The Morgan fingerprint density at radius 1 is 0.255 bits per heavy atom. The van der Waals surface area contributed by atoms with E-state index >= 15 is 5.11 Å². The predicted molar refractivity (Wildman–Crippen MR) is 245 cm³/mol. The first-order valence-electron chi connectivity index (χ1n) is 18.6. The lowest BCUT2D eigenvalue weighted by atomic mass is 10.4. The van der Waals surface area contributed by atoms with Crippen LogP contribution in [0.3, 0.4) is 0 Å². The second kappa shape index (κ2) is 17.9. The Labute approximate surface area is 330 Å². The van der Waals surface area contributed by atoms with Crippen molar-refractivity contribution in [2.24, 2.45) is 0 Å². The smallest absolute Gasteiger partial charge is 0.130 e. The SMILES string of the molecule is OC(C(P(c1ccccc1)c1ccccc1)P(c1ccccc1)c1ccccc1)(P(c1ccccc1)c1ccccc1)P(c1ccccc1)c1ccccc1. The average Bonchev–Trinajstić information content (AvgIpc) is 3.26. The predicted octanol–water partition coefficient (Wildman–Crippen LogP) is 9.49. The molecule has 0 atom stereocenters. The molecular formula is C50H42OP4. The zero-order valence-corrected chi connectivity index (χ0v) is 34.0. The van der Waals surface area contributed by atoms with Crippen LogP contribution in [-0.2, 0) is 0 Å². The van der Waals surface area contributed by atoms with Gasteiger partial charge in [-0.1, -0.05) is 243 Å². The Morgan fingerprint density at radius 2 is 0.418 bits per heavy atom. The fraction of sp³-hybridized carbons (Fsp3) is 0.0400. The maximum Gasteiger partial charge on any atom is 0.130 e. The molecule has 0 aromatic heterocycles. The van der Waals surface area contributed by atoms with Crippen LogP contribution in [0.2, 0.25) is 0 Å². The van der Waals surface area contributed by atoms with Crippen molar-refractivity contribution in [2.45, 2.75) is 10.5 Å². The fourth-order valence-corrected chi connectivity index (χ4v) is 23.7. The standard InChI is InChI=1S/C50H42OP4/c51-50(54(45-33-17-5-18-34-45)46-35-19-6-20-36-46,55(47-37-21-7-22-38-47)48-39-23-8-24-40-48)49(52(41-25-9-1-10-26-41)42-27-11-2-12-28-42)53(43-29-13-3-14-30-43)44-31-15-4-16-32-44/h1-40,49,51H. The third-order valence-corrected chi connectivity index (χ3v) is 23.3. The molecule has 55 heavy (non-hydrogen) atoms. The lowest BCUT2D eigenvalue weighted by Crippen LogP contribution is -2.50. The molecule has 0 aliphatic carbocycles. The Balaban J connectivity index is 1.58. The summed E-state index contributed by atoms with van der Waals surface area (Å²) in [6.45, 7) is 0. The van der Waals surface area contributed by atoms with Gasteiger partial charge in [-0.15, -0.1) is 0 Å². The highest BCUT2D eigenvalue weighted by Crippen LogP contribution is 2.76. The van der Waals surface area contributed by atoms with Crippen LogP contribution < -0.4 is 42.4 Å². The van der Waals surface area contributed by atoms with E-state index in [1.165, 1.54) is 42.4 Å². The molecule has 1 nitrogen and oxygen atoms in total. The Kier molecular flexibility index (Phi) is 12.2. The van der Waals surface area contributed by atoms with Crippen LogP contribution in [0.4, 0.5) is 0 Å². The van der Waals surface area contributed by atoms with Crippen molar-refractivity contribution < 1.29 is 5.11 Å². The normalized spacial score (nSPS) is 11.8. The minimum absolute atomic E-state index is 0.245. The third-order valence-electron chi connectivity index (χ3n) is 9.69. The lowest BCUT2D eigenvalue weighted by molar-refractivity contribution is 0.237. The van der Waals surface area contributed by atoms with E-state index in [0.717, 1.165) is 0 Å². The van der Waals surface area contributed by atoms with E-state index < -0.39 is 36.8 Å². The van der Waals surface area contributed by atoms with Gasteiger partial charge in [-0.05, 0) is 74.1 Å². The monoisotopic (exact) mass is 782 g/mol. The zero-order valence-electron chi connectivity index (χ0n) is 30.4. The first kappa shape index (κ1) is 37.4. The van der Waals surface area contributed by atoms with E-state index in [2.05, 4.69) is 243 Å². The Hall–Kier alpha value is -4.56. The van der Waals surface area contributed by atoms with Crippen molar-refractivity contribution in [1.82, 2.24) is 0 Å². The van der Waals surface area contributed by atoms with Gasteiger partial charge in [-0.25, -0.2) is 0 Å². The molecule has 0 fully saturated rings. The summed E-state index contributed by atoms with van der Waals surface area (Å²) >= 11 is 0. The molecule has 5 heteroatoms. The molecule has 0 heterocycles. The first-order valence-corrected chi connectivity index (χ1v) is 24.1. The maximum absolute atomic E-state index is 15.5. The second-order valence-corrected chi connectivity index (χ2v) is 23.3. The summed E-state index contributed by atoms with van der Waals surface area (Å²) in [7, 11) is -5.27. The second-order valence-electron chi connectivity index (χ2n) is 13.2. The summed E-state index contributed by atoms with van der Waals surface area (Å²) < 4.78 is 0. The number of hydrogen-bond acceptors (Lipinski definition) is 1. The fourth-order valence-electron chi connectivity index (χ4n) is 7.38. The van der Waals surface area contributed by atoms with Gasteiger partial charge in [0, 0.05) is 0 Å².